The number of hydrazine groups is 1. The van der Waals surface area contributed by atoms with Crippen molar-refractivity contribution in [2.75, 3.05) is 0 Å². The predicted octanol–water partition coefficient (Wildman–Crippen LogP) is 0.884. The second kappa shape index (κ2) is 2.46. The highest BCUT2D eigenvalue weighted by molar-refractivity contribution is 4.77. The maximum atomic E-state index is 5.26. The molecule has 0 rings (SSSR count). The highest BCUT2D eigenvalue weighted by Gasteiger charge is 2.18. The van der Waals surface area contributed by atoms with Gasteiger partial charge in [-0.25, -0.2) is 0 Å². The minimum Gasteiger partial charge on any atom is -0.271 e. The molecule has 0 heterocycles. The van der Waals surface area contributed by atoms with Gasteiger partial charge in [-0.3, -0.25) is 11.3 Å². The number of nitrogens with one attached hydrogen (secondary N) is 1. The molecule has 0 fully saturated rings. The van der Waals surface area contributed by atoms with E-state index >= 15 is 0 Å². The molecule has 0 aliphatic carbocycles. The smallest absolute Gasteiger partial charge is 0.0288 e. The SMILES string of the molecule is CC(C)C(C)(C)NN. The zero-order valence-corrected chi connectivity index (χ0v) is 6.15. The average molecular weight is 116 g/mol. The molecule has 0 radical (unpaired) electrons. The van der Waals surface area contributed by atoms with E-state index in [2.05, 4.69) is 33.1 Å². The van der Waals surface area contributed by atoms with Crippen molar-refractivity contribution in [1.82, 2.24) is 5.43 Å². The van der Waals surface area contributed by atoms with Gasteiger partial charge in [0.25, 0.3) is 0 Å². The molecule has 0 aromatic rings. The third kappa shape index (κ3) is 1.80. The van der Waals surface area contributed by atoms with Crippen molar-refractivity contribution < 1.29 is 0 Å². The van der Waals surface area contributed by atoms with Gasteiger partial charge in [0.1, 0.15) is 0 Å². The van der Waals surface area contributed by atoms with Gasteiger partial charge in [-0.2, -0.15) is 0 Å². The van der Waals surface area contributed by atoms with Crippen molar-refractivity contribution >= 4 is 0 Å². The van der Waals surface area contributed by atoms with Crippen LogP contribution in [-0.4, -0.2) is 5.54 Å². The molecule has 0 aliphatic heterocycles. The molecular weight excluding hydrogens is 100 g/mol. The Labute approximate surface area is 51.4 Å². The van der Waals surface area contributed by atoms with Crippen LogP contribution in [0.15, 0.2) is 0 Å². The van der Waals surface area contributed by atoms with Gasteiger partial charge < -0.3 is 0 Å². The van der Waals surface area contributed by atoms with Gasteiger partial charge in [-0.05, 0) is 19.8 Å². The van der Waals surface area contributed by atoms with E-state index in [9.17, 15) is 0 Å². The fraction of sp³-hybridized carbons (Fsp3) is 1.00. The van der Waals surface area contributed by atoms with Crippen molar-refractivity contribution in [2.24, 2.45) is 11.8 Å². The Morgan fingerprint density at radius 3 is 1.75 bits per heavy atom. The normalized spacial score (nSPS) is 12.8. The molecule has 2 heteroatoms. The Balaban J connectivity index is 3.71. The van der Waals surface area contributed by atoms with E-state index in [4.69, 9.17) is 5.84 Å². The van der Waals surface area contributed by atoms with Gasteiger partial charge in [0.2, 0.25) is 0 Å². The van der Waals surface area contributed by atoms with Crippen LogP contribution in [0, 0.1) is 5.92 Å². The predicted molar refractivity (Wildman–Crippen MR) is 36.2 cm³/mol. The van der Waals surface area contributed by atoms with Gasteiger partial charge in [-0.1, -0.05) is 13.8 Å². The highest BCUT2D eigenvalue weighted by atomic mass is 15.3. The molecule has 0 aromatic carbocycles. The Morgan fingerprint density at radius 2 is 1.75 bits per heavy atom. The summed E-state index contributed by atoms with van der Waals surface area (Å²) >= 11 is 0. The first-order valence-electron chi connectivity index (χ1n) is 2.98. The van der Waals surface area contributed by atoms with Crippen LogP contribution >= 0.6 is 0 Å². The fourth-order valence-electron chi connectivity index (χ4n) is 0.167. The number of nitrogens with two attached hydrogens (primary N) is 1. The first-order valence-corrected chi connectivity index (χ1v) is 2.98. The molecule has 0 aliphatic rings. The third-order valence-electron chi connectivity index (χ3n) is 1.82. The molecule has 3 N–H and O–H groups in total. The topological polar surface area (TPSA) is 38.0 Å². The molecule has 8 heavy (non-hydrogen) atoms. The zero-order valence-electron chi connectivity index (χ0n) is 6.15. The molecule has 0 spiro atoms. The summed E-state index contributed by atoms with van der Waals surface area (Å²) in [4.78, 5) is 0. The summed E-state index contributed by atoms with van der Waals surface area (Å²) in [6, 6.07) is 0. The highest BCUT2D eigenvalue weighted by Crippen LogP contribution is 2.12. The van der Waals surface area contributed by atoms with Gasteiger partial charge in [0.05, 0.1) is 0 Å². The Morgan fingerprint density at radius 1 is 1.38 bits per heavy atom. The van der Waals surface area contributed by atoms with Gasteiger partial charge >= 0.3 is 0 Å². The zero-order chi connectivity index (χ0) is 6.78. The summed E-state index contributed by atoms with van der Waals surface area (Å²) in [7, 11) is 0. The largest absolute Gasteiger partial charge is 0.271 e. The van der Waals surface area contributed by atoms with Crippen LogP contribution in [0.5, 0.6) is 0 Å². The number of rotatable bonds is 2. The van der Waals surface area contributed by atoms with Crippen LogP contribution in [0.3, 0.4) is 0 Å². The summed E-state index contributed by atoms with van der Waals surface area (Å²) in [6.45, 7) is 8.44. The van der Waals surface area contributed by atoms with Crippen molar-refractivity contribution in [1.29, 1.82) is 0 Å². The molecule has 50 valence electrons. The fourth-order valence-corrected chi connectivity index (χ4v) is 0.167. The Kier molecular flexibility index (Phi) is 2.44. The molecule has 0 saturated heterocycles. The Hall–Kier alpha value is -0.0800. The first-order chi connectivity index (χ1) is 3.50. The minimum atomic E-state index is 0.0694. The lowest BCUT2D eigenvalue weighted by Crippen LogP contribution is -2.48. The maximum Gasteiger partial charge on any atom is 0.0288 e. The second-order valence-corrected chi connectivity index (χ2v) is 3.02. The maximum absolute atomic E-state index is 5.26. The minimum absolute atomic E-state index is 0.0694. The van der Waals surface area contributed by atoms with Crippen molar-refractivity contribution in [3.63, 3.8) is 0 Å². The van der Waals surface area contributed by atoms with Gasteiger partial charge in [0, 0.05) is 5.54 Å². The number of hydrogen-bond donors (Lipinski definition) is 2. The van der Waals surface area contributed by atoms with Crippen LogP contribution in [0.2, 0.25) is 0 Å². The van der Waals surface area contributed by atoms with Crippen LogP contribution in [0.25, 0.3) is 0 Å². The van der Waals surface area contributed by atoms with Crippen LogP contribution in [-0.2, 0) is 0 Å². The van der Waals surface area contributed by atoms with Gasteiger partial charge in [-0.15, -0.1) is 0 Å². The lowest BCUT2D eigenvalue weighted by Gasteiger charge is -2.27. The van der Waals surface area contributed by atoms with E-state index in [-0.39, 0.29) is 5.54 Å². The lowest BCUT2D eigenvalue weighted by molar-refractivity contribution is 0.292. The van der Waals surface area contributed by atoms with E-state index in [1.165, 1.54) is 0 Å². The van der Waals surface area contributed by atoms with E-state index < -0.39 is 0 Å². The summed E-state index contributed by atoms with van der Waals surface area (Å²) < 4.78 is 0. The number of hydrogen-bond acceptors (Lipinski definition) is 2. The summed E-state index contributed by atoms with van der Waals surface area (Å²) in [5, 5.41) is 0. The van der Waals surface area contributed by atoms with E-state index in [0.29, 0.717) is 5.92 Å². The molecule has 0 atom stereocenters. The van der Waals surface area contributed by atoms with E-state index in [1.54, 1.807) is 0 Å². The molecular formula is C6H16N2. The molecule has 0 bridgehead atoms. The molecule has 2 nitrogen and oxygen atoms in total. The van der Waals surface area contributed by atoms with Crippen LogP contribution in [0.1, 0.15) is 27.7 Å². The third-order valence-corrected chi connectivity index (χ3v) is 1.82. The van der Waals surface area contributed by atoms with Crippen LogP contribution in [0.4, 0.5) is 0 Å². The van der Waals surface area contributed by atoms with Crippen LogP contribution < -0.4 is 11.3 Å². The molecule has 0 saturated carbocycles. The second-order valence-electron chi connectivity index (χ2n) is 3.02. The average Bonchev–Trinajstić information content (AvgIpc) is 1.67. The molecule has 0 aromatic heterocycles. The van der Waals surface area contributed by atoms with E-state index in [1.807, 2.05) is 0 Å². The van der Waals surface area contributed by atoms with Crippen molar-refractivity contribution in [3.8, 4) is 0 Å². The first kappa shape index (κ1) is 7.92. The summed E-state index contributed by atoms with van der Waals surface area (Å²) in [5.74, 6) is 5.83. The van der Waals surface area contributed by atoms with E-state index in [0.717, 1.165) is 0 Å². The summed E-state index contributed by atoms with van der Waals surface area (Å²) in [5.41, 5.74) is 2.81. The quantitative estimate of drug-likeness (QED) is 0.415. The van der Waals surface area contributed by atoms with Gasteiger partial charge in [0.15, 0.2) is 0 Å². The van der Waals surface area contributed by atoms with Crippen molar-refractivity contribution in [3.05, 3.63) is 0 Å². The molecule has 0 unspecified atom stereocenters. The molecule has 0 amide bonds. The Bertz CT molecular complexity index is 66.9. The summed E-state index contributed by atoms with van der Waals surface area (Å²) in [6.07, 6.45) is 0. The monoisotopic (exact) mass is 116 g/mol. The standard InChI is InChI=1S/C6H16N2/c1-5(2)6(3,4)8-7/h5,8H,7H2,1-4H3. The lowest BCUT2D eigenvalue weighted by atomic mass is 9.92. The van der Waals surface area contributed by atoms with Crippen molar-refractivity contribution in [2.45, 2.75) is 33.2 Å².